The van der Waals surface area contributed by atoms with Crippen LogP contribution in [0.3, 0.4) is 0 Å². The molecule has 1 aromatic rings. The Bertz CT molecular complexity index is 438. The third kappa shape index (κ3) is 3.58. The van der Waals surface area contributed by atoms with E-state index in [4.69, 9.17) is 0 Å². The summed E-state index contributed by atoms with van der Waals surface area (Å²) in [5.41, 5.74) is 1.23. The fourth-order valence-electron chi connectivity index (χ4n) is 2.74. The first kappa shape index (κ1) is 13.6. The second kappa shape index (κ2) is 6.37. The molecule has 20 heavy (non-hydrogen) atoms. The van der Waals surface area contributed by atoms with E-state index in [1.165, 1.54) is 18.4 Å². The molecule has 0 spiro atoms. The van der Waals surface area contributed by atoms with Crippen LogP contribution in [0.1, 0.15) is 18.4 Å². The largest absolute Gasteiger partial charge is 0.334 e. The van der Waals surface area contributed by atoms with Gasteiger partial charge in [-0.15, -0.1) is 0 Å². The first-order chi connectivity index (χ1) is 9.83. The highest BCUT2D eigenvalue weighted by molar-refractivity contribution is 5.79. The van der Waals surface area contributed by atoms with Crippen LogP contribution in [0.25, 0.3) is 0 Å². The number of nitrogens with zero attached hydrogens (tertiary/aromatic N) is 2. The van der Waals surface area contributed by atoms with E-state index >= 15 is 0 Å². The molecule has 1 amide bonds. The minimum Gasteiger partial charge on any atom is -0.334 e. The average Bonchev–Trinajstić information content (AvgIpc) is 3.31. The quantitative estimate of drug-likeness (QED) is 0.872. The van der Waals surface area contributed by atoms with E-state index in [0.29, 0.717) is 18.5 Å². The lowest BCUT2D eigenvalue weighted by Gasteiger charge is -2.30. The lowest BCUT2D eigenvalue weighted by Crippen LogP contribution is -2.48. The Hall–Kier alpha value is -1.39. The molecule has 2 fully saturated rings. The predicted molar refractivity (Wildman–Crippen MR) is 79.3 cm³/mol. The van der Waals surface area contributed by atoms with Crippen molar-refractivity contribution in [2.24, 2.45) is 0 Å². The molecule has 1 aliphatic heterocycles. The van der Waals surface area contributed by atoms with Crippen molar-refractivity contribution in [3.8, 4) is 0 Å². The van der Waals surface area contributed by atoms with E-state index in [-0.39, 0.29) is 0 Å². The smallest absolute Gasteiger partial charge is 0.237 e. The molecule has 0 unspecified atom stereocenters. The van der Waals surface area contributed by atoms with Gasteiger partial charge in [0, 0.05) is 38.8 Å². The summed E-state index contributed by atoms with van der Waals surface area (Å²) in [6.45, 7) is 5.29. The average molecular weight is 273 g/mol. The minimum atomic E-state index is 0.290. The van der Waals surface area contributed by atoms with Crippen molar-refractivity contribution in [1.82, 2.24) is 15.1 Å². The van der Waals surface area contributed by atoms with Crippen LogP contribution in [0.2, 0.25) is 0 Å². The summed E-state index contributed by atoms with van der Waals surface area (Å²) >= 11 is 0. The molecule has 4 nitrogen and oxygen atoms in total. The molecule has 1 aromatic carbocycles. The van der Waals surface area contributed by atoms with Crippen LogP contribution in [-0.4, -0.2) is 54.5 Å². The summed E-state index contributed by atoms with van der Waals surface area (Å²) in [6.07, 6.45) is 2.33. The summed E-state index contributed by atoms with van der Waals surface area (Å²) in [7, 11) is 0. The molecule has 1 heterocycles. The van der Waals surface area contributed by atoms with Gasteiger partial charge in [-0.25, -0.2) is 0 Å². The van der Waals surface area contributed by atoms with Gasteiger partial charge in [0.05, 0.1) is 6.54 Å². The molecule has 1 saturated carbocycles. The van der Waals surface area contributed by atoms with Crippen molar-refractivity contribution in [1.29, 1.82) is 0 Å². The van der Waals surface area contributed by atoms with Gasteiger partial charge in [0.25, 0.3) is 0 Å². The Kier molecular flexibility index (Phi) is 4.33. The predicted octanol–water partition coefficient (Wildman–Crippen LogP) is 1.08. The highest BCUT2D eigenvalue weighted by atomic mass is 16.2. The van der Waals surface area contributed by atoms with Crippen LogP contribution in [0.5, 0.6) is 0 Å². The number of carbonyl (C=O) groups is 1. The summed E-state index contributed by atoms with van der Waals surface area (Å²) in [4.78, 5) is 16.9. The molecule has 0 radical (unpaired) electrons. The van der Waals surface area contributed by atoms with Gasteiger partial charge in [-0.3, -0.25) is 9.69 Å². The third-order valence-electron chi connectivity index (χ3n) is 4.07. The van der Waals surface area contributed by atoms with Gasteiger partial charge in [-0.05, 0) is 18.4 Å². The molecule has 4 heteroatoms. The fourth-order valence-corrected chi connectivity index (χ4v) is 2.74. The molecule has 1 saturated heterocycles. The van der Waals surface area contributed by atoms with Crippen molar-refractivity contribution in [3.05, 3.63) is 35.9 Å². The molecular formula is C16H23N3O. The van der Waals surface area contributed by atoms with Gasteiger partial charge in [0.1, 0.15) is 0 Å². The first-order valence-corrected chi connectivity index (χ1v) is 7.59. The Morgan fingerprint density at radius 3 is 2.55 bits per heavy atom. The minimum absolute atomic E-state index is 0.290. The number of benzene rings is 1. The third-order valence-corrected chi connectivity index (χ3v) is 4.07. The van der Waals surface area contributed by atoms with Gasteiger partial charge in [0.2, 0.25) is 5.91 Å². The summed E-state index contributed by atoms with van der Waals surface area (Å²) in [5.74, 6) is 0.290. The van der Waals surface area contributed by atoms with Crippen molar-refractivity contribution >= 4 is 5.91 Å². The summed E-state index contributed by atoms with van der Waals surface area (Å²) < 4.78 is 0. The molecule has 3 rings (SSSR count). The second-order valence-corrected chi connectivity index (χ2v) is 5.76. The Labute approximate surface area is 120 Å². The van der Waals surface area contributed by atoms with Crippen molar-refractivity contribution in [2.75, 3.05) is 32.7 Å². The number of carbonyl (C=O) groups excluding carboxylic acids is 1. The number of rotatable bonds is 5. The lowest BCUT2D eigenvalue weighted by molar-refractivity contribution is -0.133. The van der Waals surface area contributed by atoms with E-state index < -0.39 is 0 Å². The zero-order valence-corrected chi connectivity index (χ0v) is 11.9. The molecule has 0 aromatic heterocycles. The molecule has 2 aliphatic rings. The fraction of sp³-hybridized carbons (Fsp3) is 0.562. The Morgan fingerprint density at radius 1 is 1.20 bits per heavy atom. The SMILES string of the molecule is O=C(CN1CCNCC1)N(Cc1ccccc1)C1CC1. The van der Waals surface area contributed by atoms with E-state index in [1.807, 2.05) is 18.2 Å². The maximum Gasteiger partial charge on any atom is 0.237 e. The van der Waals surface area contributed by atoms with Gasteiger partial charge in [-0.1, -0.05) is 30.3 Å². The van der Waals surface area contributed by atoms with Crippen LogP contribution < -0.4 is 5.32 Å². The normalized spacial score (nSPS) is 19.8. The van der Waals surface area contributed by atoms with E-state index in [0.717, 1.165) is 32.7 Å². The van der Waals surface area contributed by atoms with E-state index in [1.54, 1.807) is 0 Å². The number of nitrogens with one attached hydrogen (secondary N) is 1. The first-order valence-electron chi connectivity index (χ1n) is 7.59. The molecular weight excluding hydrogens is 250 g/mol. The molecule has 1 N–H and O–H groups in total. The van der Waals surface area contributed by atoms with Gasteiger partial charge >= 0.3 is 0 Å². The monoisotopic (exact) mass is 273 g/mol. The van der Waals surface area contributed by atoms with Gasteiger partial charge in [-0.2, -0.15) is 0 Å². The highest BCUT2D eigenvalue weighted by Crippen LogP contribution is 2.28. The number of hydrogen-bond acceptors (Lipinski definition) is 3. The van der Waals surface area contributed by atoms with Crippen LogP contribution >= 0.6 is 0 Å². The maximum absolute atomic E-state index is 12.6. The lowest BCUT2D eigenvalue weighted by atomic mass is 10.2. The second-order valence-electron chi connectivity index (χ2n) is 5.76. The zero-order valence-electron chi connectivity index (χ0n) is 11.9. The van der Waals surface area contributed by atoms with Crippen molar-refractivity contribution < 1.29 is 4.79 Å². The highest BCUT2D eigenvalue weighted by Gasteiger charge is 2.33. The Morgan fingerprint density at radius 2 is 1.90 bits per heavy atom. The van der Waals surface area contributed by atoms with E-state index in [9.17, 15) is 4.79 Å². The molecule has 108 valence electrons. The van der Waals surface area contributed by atoms with Crippen molar-refractivity contribution in [3.63, 3.8) is 0 Å². The van der Waals surface area contributed by atoms with Crippen LogP contribution in [0, 0.1) is 0 Å². The standard InChI is InChI=1S/C16H23N3O/c20-16(13-18-10-8-17-9-11-18)19(15-6-7-15)12-14-4-2-1-3-5-14/h1-5,15,17H,6-13H2. The van der Waals surface area contributed by atoms with E-state index in [2.05, 4.69) is 27.2 Å². The molecule has 0 atom stereocenters. The number of piperazine rings is 1. The summed E-state index contributed by atoms with van der Waals surface area (Å²) in [6, 6.07) is 10.8. The number of hydrogen-bond donors (Lipinski definition) is 1. The summed E-state index contributed by atoms with van der Waals surface area (Å²) in [5, 5.41) is 3.33. The zero-order chi connectivity index (χ0) is 13.8. The number of amides is 1. The van der Waals surface area contributed by atoms with Crippen molar-refractivity contribution in [2.45, 2.75) is 25.4 Å². The van der Waals surface area contributed by atoms with Crippen LogP contribution in [-0.2, 0) is 11.3 Å². The topological polar surface area (TPSA) is 35.6 Å². The molecule has 1 aliphatic carbocycles. The Balaban J connectivity index is 1.59. The van der Waals surface area contributed by atoms with Crippen LogP contribution in [0.15, 0.2) is 30.3 Å². The molecule has 0 bridgehead atoms. The van der Waals surface area contributed by atoms with Crippen LogP contribution in [0.4, 0.5) is 0 Å². The van der Waals surface area contributed by atoms with Gasteiger partial charge < -0.3 is 10.2 Å². The van der Waals surface area contributed by atoms with Gasteiger partial charge in [0.15, 0.2) is 0 Å². The maximum atomic E-state index is 12.6.